The van der Waals surface area contributed by atoms with Crippen LogP contribution < -0.4 is 0 Å². The highest BCUT2D eigenvalue weighted by molar-refractivity contribution is 5.67. The molecule has 5 nitrogen and oxygen atoms in total. The molecule has 1 aromatic carbocycles. The van der Waals surface area contributed by atoms with E-state index in [1.165, 1.54) is 0 Å². The Morgan fingerprint density at radius 3 is 2.45 bits per heavy atom. The number of benzene rings is 1. The average molecular weight is 302 g/mol. The molecule has 2 rings (SSSR count). The monoisotopic (exact) mass is 302 g/mol. The fourth-order valence-electron chi connectivity index (χ4n) is 2.74. The van der Waals surface area contributed by atoms with Gasteiger partial charge in [0.05, 0.1) is 17.1 Å². The minimum atomic E-state index is -1.08. The molecule has 118 valence electrons. The van der Waals surface area contributed by atoms with E-state index in [0.29, 0.717) is 25.9 Å². The van der Waals surface area contributed by atoms with Crippen molar-refractivity contribution in [2.24, 2.45) is 5.41 Å². The van der Waals surface area contributed by atoms with E-state index in [2.05, 4.69) is 6.07 Å². The number of aliphatic hydroxyl groups is 1. The highest BCUT2D eigenvalue weighted by Gasteiger charge is 2.47. The lowest BCUT2D eigenvalue weighted by Gasteiger charge is -2.43. The Labute approximate surface area is 131 Å². The second-order valence-corrected chi connectivity index (χ2v) is 6.28. The maximum atomic E-state index is 12.1. The molecule has 0 spiro atoms. The van der Waals surface area contributed by atoms with Crippen LogP contribution in [0.25, 0.3) is 0 Å². The Morgan fingerprint density at radius 1 is 1.36 bits per heavy atom. The van der Waals surface area contributed by atoms with Crippen molar-refractivity contribution in [2.45, 2.75) is 38.9 Å². The number of nitrogens with zero attached hydrogens (tertiary/aromatic N) is 2. The Kier molecular flexibility index (Phi) is 4.72. The fraction of sp³-hybridized carbons (Fsp3) is 0.529. The number of carbonyl (C=O) groups is 1. The lowest BCUT2D eigenvalue weighted by molar-refractivity contribution is -0.0536. The Morgan fingerprint density at radius 2 is 1.95 bits per heavy atom. The molecule has 1 aliphatic rings. The van der Waals surface area contributed by atoms with E-state index >= 15 is 0 Å². The smallest absolute Gasteiger partial charge is 0.410 e. The number of nitriles is 1. The van der Waals surface area contributed by atoms with Gasteiger partial charge in [-0.15, -0.1) is 0 Å². The summed E-state index contributed by atoms with van der Waals surface area (Å²) < 4.78 is 5.30. The third kappa shape index (κ3) is 3.40. The summed E-state index contributed by atoms with van der Waals surface area (Å²) in [4.78, 5) is 13.7. The first-order chi connectivity index (χ1) is 10.4. The Hall–Kier alpha value is -2.06. The first kappa shape index (κ1) is 16.3. The molecule has 1 heterocycles. The molecule has 1 aliphatic heterocycles. The number of carbonyl (C=O) groups excluding carboxylic acids is 1. The molecule has 0 aromatic heterocycles. The van der Waals surface area contributed by atoms with Crippen LogP contribution in [0.2, 0.25) is 0 Å². The van der Waals surface area contributed by atoms with Crippen LogP contribution in [-0.2, 0) is 11.3 Å². The van der Waals surface area contributed by atoms with Crippen LogP contribution in [0.15, 0.2) is 30.3 Å². The second kappa shape index (κ2) is 6.37. The van der Waals surface area contributed by atoms with Crippen LogP contribution in [-0.4, -0.2) is 34.8 Å². The minimum absolute atomic E-state index is 0.241. The van der Waals surface area contributed by atoms with Crippen LogP contribution in [0.5, 0.6) is 0 Å². The molecule has 1 amide bonds. The zero-order valence-electron chi connectivity index (χ0n) is 13.1. The van der Waals surface area contributed by atoms with Gasteiger partial charge in [-0.25, -0.2) is 4.79 Å². The van der Waals surface area contributed by atoms with Gasteiger partial charge >= 0.3 is 6.09 Å². The van der Waals surface area contributed by atoms with E-state index in [-0.39, 0.29) is 12.7 Å². The van der Waals surface area contributed by atoms with Crippen molar-refractivity contribution >= 4 is 6.09 Å². The molecule has 22 heavy (non-hydrogen) atoms. The SMILES string of the molecule is CC(C)(O)C1(C#N)CCN(C(=O)OCc2ccccc2)CC1. The van der Waals surface area contributed by atoms with E-state index in [0.717, 1.165) is 5.56 Å². The third-order valence-electron chi connectivity index (χ3n) is 4.47. The number of piperidine rings is 1. The summed E-state index contributed by atoms with van der Waals surface area (Å²) in [6.07, 6.45) is 0.534. The number of hydrogen-bond acceptors (Lipinski definition) is 4. The molecular formula is C17H22N2O3. The number of rotatable bonds is 3. The fourth-order valence-corrected chi connectivity index (χ4v) is 2.74. The van der Waals surface area contributed by atoms with E-state index < -0.39 is 11.0 Å². The van der Waals surface area contributed by atoms with Gasteiger partial charge in [0.15, 0.2) is 0 Å². The summed E-state index contributed by atoms with van der Waals surface area (Å²) in [6.45, 7) is 4.39. The summed E-state index contributed by atoms with van der Waals surface area (Å²) in [5.74, 6) is 0. The molecule has 1 fully saturated rings. The standard InChI is InChI=1S/C17H22N2O3/c1-16(2,21)17(13-18)8-10-19(11-9-17)15(20)22-12-14-6-4-3-5-7-14/h3-7,21H,8-12H2,1-2H3. The maximum Gasteiger partial charge on any atom is 0.410 e. The van der Waals surface area contributed by atoms with Gasteiger partial charge in [0, 0.05) is 13.1 Å². The van der Waals surface area contributed by atoms with Crippen LogP contribution >= 0.6 is 0 Å². The summed E-state index contributed by atoms with van der Waals surface area (Å²) in [6, 6.07) is 11.8. The Bertz CT molecular complexity index is 550. The van der Waals surface area contributed by atoms with Crippen LogP contribution in [0.1, 0.15) is 32.3 Å². The third-order valence-corrected chi connectivity index (χ3v) is 4.47. The van der Waals surface area contributed by atoms with Gasteiger partial charge in [-0.05, 0) is 32.3 Å². The molecular weight excluding hydrogens is 280 g/mol. The Balaban J connectivity index is 1.89. The molecule has 1 N–H and O–H groups in total. The molecule has 0 radical (unpaired) electrons. The molecule has 0 atom stereocenters. The molecule has 0 unspecified atom stereocenters. The van der Waals surface area contributed by atoms with Crippen molar-refractivity contribution in [3.05, 3.63) is 35.9 Å². The zero-order valence-corrected chi connectivity index (χ0v) is 13.1. The van der Waals surface area contributed by atoms with Crippen molar-refractivity contribution in [1.82, 2.24) is 4.90 Å². The predicted octanol–water partition coefficient (Wildman–Crippen LogP) is 2.70. The second-order valence-electron chi connectivity index (χ2n) is 6.28. The summed E-state index contributed by atoms with van der Waals surface area (Å²) >= 11 is 0. The molecule has 1 aromatic rings. The van der Waals surface area contributed by atoms with E-state index in [9.17, 15) is 15.2 Å². The van der Waals surface area contributed by atoms with Gasteiger partial charge in [-0.2, -0.15) is 5.26 Å². The van der Waals surface area contributed by atoms with Crippen molar-refractivity contribution in [1.29, 1.82) is 5.26 Å². The van der Waals surface area contributed by atoms with Gasteiger partial charge in [-0.1, -0.05) is 30.3 Å². The summed E-state index contributed by atoms with van der Waals surface area (Å²) in [7, 11) is 0. The maximum absolute atomic E-state index is 12.1. The van der Waals surface area contributed by atoms with Crippen molar-refractivity contribution < 1.29 is 14.6 Å². The highest BCUT2D eigenvalue weighted by Crippen LogP contribution is 2.40. The zero-order chi connectivity index (χ0) is 16.2. The van der Waals surface area contributed by atoms with Crippen molar-refractivity contribution in [2.75, 3.05) is 13.1 Å². The van der Waals surface area contributed by atoms with Crippen LogP contribution in [0.4, 0.5) is 4.79 Å². The molecule has 5 heteroatoms. The predicted molar refractivity (Wildman–Crippen MR) is 81.8 cm³/mol. The van der Waals surface area contributed by atoms with Crippen molar-refractivity contribution in [3.63, 3.8) is 0 Å². The van der Waals surface area contributed by atoms with Gasteiger partial charge in [0.25, 0.3) is 0 Å². The van der Waals surface area contributed by atoms with E-state index in [1.54, 1.807) is 18.7 Å². The molecule has 0 bridgehead atoms. The highest BCUT2D eigenvalue weighted by atomic mass is 16.6. The van der Waals surface area contributed by atoms with E-state index in [4.69, 9.17) is 4.74 Å². The van der Waals surface area contributed by atoms with Gasteiger partial charge in [-0.3, -0.25) is 0 Å². The molecule has 1 saturated heterocycles. The largest absolute Gasteiger partial charge is 0.445 e. The first-order valence-electron chi connectivity index (χ1n) is 7.47. The number of amides is 1. The average Bonchev–Trinajstić information content (AvgIpc) is 2.52. The van der Waals surface area contributed by atoms with E-state index in [1.807, 2.05) is 30.3 Å². The molecule has 0 saturated carbocycles. The summed E-state index contributed by atoms with van der Waals surface area (Å²) in [5.41, 5.74) is -0.943. The number of likely N-dealkylation sites (tertiary alicyclic amines) is 1. The van der Waals surface area contributed by atoms with Crippen LogP contribution in [0, 0.1) is 16.7 Å². The van der Waals surface area contributed by atoms with Crippen LogP contribution in [0.3, 0.4) is 0 Å². The van der Waals surface area contributed by atoms with Crippen molar-refractivity contribution in [3.8, 4) is 6.07 Å². The summed E-state index contributed by atoms with van der Waals surface area (Å²) in [5, 5.41) is 19.6. The van der Waals surface area contributed by atoms with Gasteiger partial charge in [0.2, 0.25) is 0 Å². The lowest BCUT2D eigenvalue weighted by atomic mass is 9.68. The normalized spacial score (nSPS) is 17.6. The minimum Gasteiger partial charge on any atom is -0.445 e. The number of ether oxygens (including phenoxy) is 1. The lowest BCUT2D eigenvalue weighted by Crippen LogP contribution is -2.51. The topological polar surface area (TPSA) is 73.6 Å². The quantitative estimate of drug-likeness (QED) is 0.931. The van der Waals surface area contributed by atoms with Gasteiger partial charge < -0.3 is 14.7 Å². The molecule has 0 aliphatic carbocycles. The van der Waals surface area contributed by atoms with Gasteiger partial charge in [0.1, 0.15) is 6.61 Å². The number of hydrogen-bond donors (Lipinski definition) is 1. The first-order valence-corrected chi connectivity index (χ1v) is 7.47.